The molecular formula is C12H16BF3KNO2. The summed E-state index contributed by atoms with van der Waals surface area (Å²) in [7, 11) is 0. The molecule has 0 saturated heterocycles. The molecule has 0 heterocycles. The number of hydrogen-bond donors (Lipinski definition) is 1. The summed E-state index contributed by atoms with van der Waals surface area (Å²) >= 11 is 0. The van der Waals surface area contributed by atoms with Gasteiger partial charge in [0, 0.05) is 6.54 Å². The molecule has 0 aromatic heterocycles. The van der Waals surface area contributed by atoms with Crippen LogP contribution >= 0.6 is 0 Å². The Morgan fingerprint density at radius 3 is 2.40 bits per heavy atom. The Balaban J connectivity index is 0.00000361. The Kier molecular flexibility index (Phi) is 7.83. The number of nitrogens with one attached hydrogen (secondary N) is 1. The molecule has 0 fully saturated rings. The molecule has 1 amide bonds. The Morgan fingerprint density at radius 2 is 1.90 bits per heavy atom. The third kappa shape index (κ3) is 7.68. The van der Waals surface area contributed by atoms with Crippen LogP contribution in [0.2, 0.25) is 0 Å². The van der Waals surface area contributed by atoms with Crippen LogP contribution in [0.1, 0.15) is 26.3 Å². The molecule has 0 aliphatic heterocycles. The van der Waals surface area contributed by atoms with Crippen LogP contribution in [0.4, 0.5) is 17.7 Å². The van der Waals surface area contributed by atoms with E-state index in [1.807, 2.05) is 0 Å². The molecule has 20 heavy (non-hydrogen) atoms. The Bertz CT molecular complexity index is 461. The van der Waals surface area contributed by atoms with E-state index in [9.17, 15) is 17.7 Å². The number of carbonyl (C=O) groups excluding carboxylic acids is 1. The van der Waals surface area contributed by atoms with Gasteiger partial charge >= 0.3 is 64.5 Å². The largest absolute Gasteiger partial charge is 1.00 e. The predicted molar refractivity (Wildman–Crippen MR) is 68.2 cm³/mol. The molecule has 0 bridgehead atoms. The van der Waals surface area contributed by atoms with Crippen molar-refractivity contribution in [1.29, 1.82) is 0 Å². The maximum absolute atomic E-state index is 12.5. The maximum Gasteiger partial charge on any atom is 1.00 e. The van der Waals surface area contributed by atoms with Crippen molar-refractivity contribution in [2.24, 2.45) is 0 Å². The van der Waals surface area contributed by atoms with E-state index in [4.69, 9.17) is 4.74 Å². The quantitative estimate of drug-likeness (QED) is 0.783. The van der Waals surface area contributed by atoms with Gasteiger partial charge in [-0.15, -0.1) is 5.46 Å². The topological polar surface area (TPSA) is 38.3 Å². The van der Waals surface area contributed by atoms with Crippen molar-refractivity contribution >= 4 is 18.5 Å². The smallest absolute Gasteiger partial charge is 0.445 e. The van der Waals surface area contributed by atoms with Crippen molar-refractivity contribution in [3.05, 3.63) is 29.8 Å². The molecule has 3 nitrogen and oxygen atoms in total. The van der Waals surface area contributed by atoms with Gasteiger partial charge in [-0.2, -0.15) is 0 Å². The molecule has 1 rings (SSSR count). The third-order valence-electron chi connectivity index (χ3n) is 2.16. The number of rotatable bonds is 3. The fraction of sp³-hybridized carbons (Fsp3) is 0.417. The van der Waals surface area contributed by atoms with E-state index >= 15 is 0 Å². The van der Waals surface area contributed by atoms with Crippen LogP contribution < -0.4 is 62.2 Å². The average molecular weight is 313 g/mol. The predicted octanol–water partition coefficient (Wildman–Crippen LogP) is -0.230. The van der Waals surface area contributed by atoms with Crippen molar-refractivity contribution in [2.75, 3.05) is 0 Å². The van der Waals surface area contributed by atoms with Crippen LogP contribution in [0.25, 0.3) is 0 Å². The van der Waals surface area contributed by atoms with Gasteiger partial charge in [0.25, 0.3) is 0 Å². The zero-order valence-electron chi connectivity index (χ0n) is 12.0. The summed E-state index contributed by atoms with van der Waals surface area (Å²) in [5, 5.41) is 2.41. The minimum Gasteiger partial charge on any atom is -0.445 e. The van der Waals surface area contributed by atoms with Crippen LogP contribution in [0, 0.1) is 0 Å². The molecule has 0 aliphatic carbocycles. The molecule has 106 valence electrons. The first-order valence-corrected chi connectivity index (χ1v) is 5.83. The fourth-order valence-electron chi connectivity index (χ4n) is 1.40. The summed E-state index contributed by atoms with van der Waals surface area (Å²) in [6.07, 6.45) is -0.657. The van der Waals surface area contributed by atoms with E-state index in [2.05, 4.69) is 5.32 Å². The second-order valence-electron chi connectivity index (χ2n) is 5.18. The summed E-state index contributed by atoms with van der Waals surface area (Å²) < 4.78 is 42.6. The molecule has 0 atom stereocenters. The minimum atomic E-state index is -5.02. The van der Waals surface area contributed by atoms with Crippen LogP contribution in [0.5, 0.6) is 0 Å². The second-order valence-corrected chi connectivity index (χ2v) is 5.18. The molecule has 1 aromatic carbocycles. The second kappa shape index (κ2) is 7.84. The molecule has 1 N–H and O–H groups in total. The minimum absolute atomic E-state index is 0. The summed E-state index contributed by atoms with van der Waals surface area (Å²) in [6.45, 7) is 0.0939. The molecule has 0 unspecified atom stereocenters. The van der Waals surface area contributed by atoms with E-state index < -0.39 is 24.1 Å². The molecule has 1 aromatic rings. The maximum atomic E-state index is 12.5. The van der Waals surface area contributed by atoms with Crippen LogP contribution in [0.3, 0.4) is 0 Å². The van der Waals surface area contributed by atoms with Crippen LogP contribution in [-0.4, -0.2) is 18.7 Å². The van der Waals surface area contributed by atoms with Gasteiger partial charge in [0.05, 0.1) is 0 Å². The zero-order chi connectivity index (χ0) is 14.7. The number of hydrogen-bond acceptors (Lipinski definition) is 2. The van der Waals surface area contributed by atoms with Crippen molar-refractivity contribution in [3.63, 3.8) is 0 Å². The first-order chi connectivity index (χ1) is 8.58. The summed E-state index contributed by atoms with van der Waals surface area (Å²) in [4.78, 5) is 11.4. The van der Waals surface area contributed by atoms with Crippen molar-refractivity contribution in [1.82, 2.24) is 5.32 Å². The monoisotopic (exact) mass is 313 g/mol. The van der Waals surface area contributed by atoms with E-state index in [0.717, 1.165) is 12.1 Å². The van der Waals surface area contributed by atoms with Gasteiger partial charge in [-0.1, -0.05) is 24.3 Å². The van der Waals surface area contributed by atoms with Crippen LogP contribution in [-0.2, 0) is 11.3 Å². The SMILES string of the molecule is CC(C)(C)OC(=O)NCc1cccc([B-](F)(F)F)c1.[K+]. The van der Waals surface area contributed by atoms with Crippen molar-refractivity contribution < 1.29 is 73.9 Å². The van der Waals surface area contributed by atoms with E-state index in [-0.39, 0.29) is 57.9 Å². The van der Waals surface area contributed by atoms with Crippen molar-refractivity contribution in [2.45, 2.75) is 32.9 Å². The first kappa shape index (κ1) is 20.0. The fourth-order valence-corrected chi connectivity index (χ4v) is 1.40. The third-order valence-corrected chi connectivity index (χ3v) is 2.16. The molecular weight excluding hydrogens is 297 g/mol. The molecule has 8 heteroatoms. The Morgan fingerprint density at radius 1 is 1.30 bits per heavy atom. The number of benzene rings is 1. The first-order valence-electron chi connectivity index (χ1n) is 5.83. The van der Waals surface area contributed by atoms with Gasteiger partial charge in [-0.25, -0.2) is 4.79 Å². The average Bonchev–Trinajstić information content (AvgIpc) is 2.23. The van der Waals surface area contributed by atoms with Gasteiger partial charge in [-0.05, 0) is 26.3 Å². The number of alkyl carbamates (subject to hydrolysis) is 1. The Labute approximate surface area is 159 Å². The zero-order valence-corrected chi connectivity index (χ0v) is 15.2. The van der Waals surface area contributed by atoms with E-state index in [1.165, 1.54) is 12.1 Å². The van der Waals surface area contributed by atoms with E-state index in [1.54, 1.807) is 20.8 Å². The number of amides is 1. The van der Waals surface area contributed by atoms with E-state index in [0.29, 0.717) is 5.56 Å². The number of halogens is 3. The molecule has 0 aliphatic rings. The summed E-state index contributed by atoms with van der Waals surface area (Å²) in [5.41, 5.74) is -0.938. The number of ether oxygens (including phenoxy) is 1. The van der Waals surface area contributed by atoms with Gasteiger partial charge in [0.2, 0.25) is 0 Å². The molecule has 0 radical (unpaired) electrons. The van der Waals surface area contributed by atoms with Gasteiger partial charge in [0.1, 0.15) is 5.60 Å². The van der Waals surface area contributed by atoms with Gasteiger partial charge in [0.15, 0.2) is 0 Å². The standard InChI is InChI=1S/C12H16BF3NO2.K/c1-12(2,3)19-11(18)17-8-9-5-4-6-10(7-9)13(14,15)16;/h4-7H,8H2,1-3H3,(H,17,18);/q-1;+1. The van der Waals surface area contributed by atoms with Crippen molar-refractivity contribution in [3.8, 4) is 0 Å². The summed E-state index contributed by atoms with van der Waals surface area (Å²) in [5.74, 6) is 0. The van der Waals surface area contributed by atoms with Gasteiger partial charge < -0.3 is 23.0 Å². The van der Waals surface area contributed by atoms with Gasteiger partial charge in [-0.3, -0.25) is 0 Å². The Hall–Kier alpha value is -0.0187. The molecule has 0 spiro atoms. The van der Waals surface area contributed by atoms with Crippen LogP contribution in [0.15, 0.2) is 24.3 Å². The molecule has 0 saturated carbocycles. The number of carbonyl (C=O) groups is 1. The normalized spacial score (nSPS) is 11.5. The summed E-state index contributed by atoms with van der Waals surface area (Å²) in [6, 6.07) is 4.87.